The van der Waals surface area contributed by atoms with Crippen molar-refractivity contribution < 1.29 is 23.1 Å². The number of amides is 2. The lowest BCUT2D eigenvalue weighted by atomic mass is 10.2. The van der Waals surface area contributed by atoms with Crippen LogP contribution < -0.4 is 10.6 Å². The second-order valence-electron chi connectivity index (χ2n) is 5.91. The molecule has 2 rings (SSSR count). The van der Waals surface area contributed by atoms with Crippen LogP contribution in [0.2, 0.25) is 0 Å². The van der Waals surface area contributed by atoms with Gasteiger partial charge in [-0.25, -0.2) is 8.78 Å². The van der Waals surface area contributed by atoms with Crippen molar-refractivity contribution >= 4 is 17.5 Å². The van der Waals surface area contributed by atoms with Crippen LogP contribution in [-0.2, 0) is 14.3 Å². The lowest BCUT2D eigenvalue weighted by molar-refractivity contribution is -0.128. The predicted molar refractivity (Wildman–Crippen MR) is 84.4 cm³/mol. The zero-order valence-electron chi connectivity index (χ0n) is 13.6. The normalized spacial score (nSPS) is 21.3. The second-order valence-corrected chi connectivity index (χ2v) is 5.91. The van der Waals surface area contributed by atoms with E-state index in [0.29, 0.717) is 13.1 Å². The number of halogens is 2. The van der Waals surface area contributed by atoms with Crippen LogP contribution in [0.15, 0.2) is 18.2 Å². The van der Waals surface area contributed by atoms with Crippen LogP contribution >= 0.6 is 0 Å². The number of rotatable bonds is 5. The van der Waals surface area contributed by atoms with Gasteiger partial charge in [0.2, 0.25) is 11.8 Å². The summed E-state index contributed by atoms with van der Waals surface area (Å²) >= 11 is 0. The van der Waals surface area contributed by atoms with Gasteiger partial charge in [-0.3, -0.25) is 14.5 Å². The van der Waals surface area contributed by atoms with Gasteiger partial charge < -0.3 is 15.4 Å². The topological polar surface area (TPSA) is 70.7 Å². The number of nitrogens with one attached hydrogen (secondary N) is 2. The molecule has 2 atom stereocenters. The molecule has 2 N–H and O–H groups in total. The van der Waals surface area contributed by atoms with Gasteiger partial charge in [-0.2, -0.15) is 0 Å². The number of hydrogen-bond donors (Lipinski definition) is 2. The van der Waals surface area contributed by atoms with Gasteiger partial charge in [0.25, 0.3) is 0 Å². The fourth-order valence-corrected chi connectivity index (χ4v) is 2.63. The maximum absolute atomic E-state index is 13.1. The molecule has 1 saturated heterocycles. The summed E-state index contributed by atoms with van der Waals surface area (Å²) in [6.07, 6.45) is 0.108. The standard InChI is InChI=1S/C16H21F2N3O3/c1-10-7-21(8-11(2)24-10)9-16(23)19-6-15(22)20-12-3-4-13(17)14(18)5-12/h3-5,10-11H,6-9H2,1-2H3,(H,19,23)(H,20,22)/t10-,11-/m0/s1. The molecule has 1 heterocycles. The number of nitrogens with zero attached hydrogens (tertiary/aromatic N) is 1. The molecule has 24 heavy (non-hydrogen) atoms. The molecule has 1 aromatic rings. The first-order valence-electron chi connectivity index (χ1n) is 7.73. The largest absolute Gasteiger partial charge is 0.373 e. The van der Waals surface area contributed by atoms with Crippen LogP contribution in [0.3, 0.4) is 0 Å². The van der Waals surface area contributed by atoms with Crippen LogP contribution in [0, 0.1) is 11.6 Å². The molecular formula is C16H21F2N3O3. The van der Waals surface area contributed by atoms with Crippen molar-refractivity contribution in [2.45, 2.75) is 26.1 Å². The number of anilines is 1. The second kappa shape index (κ2) is 8.16. The van der Waals surface area contributed by atoms with Crippen molar-refractivity contribution in [2.24, 2.45) is 0 Å². The summed E-state index contributed by atoms with van der Waals surface area (Å²) in [7, 11) is 0. The average Bonchev–Trinajstić information content (AvgIpc) is 2.48. The highest BCUT2D eigenvalue weighted by Crippen LogP contribution is 2.13. The molecule has 8 heteroatoms. The van der Waals surface area contributed by atoms with Crippen LogP contribution in [-0.4, -0.2) is 55.1 Å². The summed E-state index contributed by atoms with van der Waals surface area (Å²) in [5, 5.41) is 4.89. The minimum absolute atomic E-state index is 0.0539. The van der Waals surface area contributed by atoms with Crippen molar-refractivity contribution in [1.29, 1.82) is 0 Å². The van der Waals surface area contributed by atoms with Gasteiger partial charge in [-0.15, -0.1) is 0 Å². The third-order valence-electron chi connectivity index (χ3n) is 3.51. The molecule has 0 aliphatic carbocycles. The third kappa shape index (κ3) is 5.54. The van der Waals surface area contributed by atoms with Crippen LogP contribution in [0.5, 0.6) is 0 Å². The Bertz CT molecular complexity index is 602. The molecular weight excluding hydrogens is 320 g/mol. The number of carbonyl (C=O) groups is 2. The minimum Gasteiger partial charge on any atom is -0.373 e. The van der Waals surface area contributed by atoms with Crippen molar-refractivity contribution in [1.82, 2.24) is 10.2 Å². The molecule has 0 bridgehead atoms. The van der Waals surface area contributed by atoms with Crippen molar-refractivity contribution in [2.75, 3.05) is 31.5 Å². The Kier molecular flexibility index (Phi) is 6.22. The molecule has 6 nitrogen and oxygen atoms in total. The van der Waals surface area contributed by atoms with Gasteiger partial charge >= 0.3 is 0 Å². The van der Waals surface area contributed by atoms with E-state index in [1.807, 2.05) is 18.7 Å². The van der Waals surface area contributed by atoms with E-state index < -0.39 is 17.5 Å². The first-order chi connectivity index (χ1) is 11.3. The Morgan fingerprint density at radius 3 is 2.46 bits per heavy atom. The first-order valence-corrected chi connectivity index (χ1v) is 7.73. The molecule has 1 aliphatic rings. The lowest BCUT2D eigenvalue weighted by Crippen LogP contribution is -2.49. The number of benzene rings is 1. The summed E-state index contributed by atoms with van der Waals surface area (Å²) in [5.74, 6) is -2.84. The van der Waals surface area contributed by atoms with E-state index in [1.165, 1.54) is 6.07 Å². The Hall–Kier alpha value is -2.06. The molecule has 132 valence electrons. The maximum Gasteiger partial charge on any atom is 0.243 e. The Morgan fingerprint density at radius 1 is 1.17 bits per heavy atom. The van der Waals surface area contributed by atoms with E-state index >= 15 is 0 Å². The summed E-state index contributed by atoms with van der Waals surface area (Å²) in [4.78, 5) is 25.6. The summed E-state index contributed by atoms with van der Waals surface area (Å²) in [6.45, 7) is 5.12. The minimum atomic E-state index is -1.05. The molecule has 2 amide bonds. The maximum atomic E-state index is 13.1. The van der Waals surface area contributed by atoms with E-state index in [9.17, 15) is 18.4 Å². The van der Waals surface area contributed by atoms with Gasteiger partial charge in [0.1, 0.15) is 0 Å². The third-order valence-corrected chi connectivity index (χ3v) is 3.51. The Morgan fingerprint density at radius 2 is 1.83 bits per heavy atom. The molecule has 0 aromatic heterocycles. The predicted octanol–water partition coefficient (Wildman–Crippen LogP) is 1.13. The zero-order valence-corrected chi connectivity index (χ0v) is 13.6. The molecule has 1 aromatic carbocycles. The van der Waals surface area contributed by atoms with Crippen LogP contribution in [0.25, 0.3) is 0 Å². The van der Waals surface area contributed by atoms with Gasteiger partial charge in [-0.05, 0) is 26.0 Å². The SMILES string of the molecule is C[C@H]1CN(CC(=O)NCC(=O)Nc2ccc(F)c(F)c2)C[C@H](C)O1. The fraction of sp³-hybridized carbons (Fsp3) is 0.500. The van der Waals surface area contributed by atoms with Crippen molar-refractivity contribution in [3.63, 3.8) is 0 Å². The first kappa shape index (κ1) is 18.3. The molecule has 0 unspecified atom stereocenters. The molecule has 0 saturated carbocycles. The Labute approximate surface area is 139 Å². The highest BCUT2D eigenvalue weighted by Gasteiger charge is 2.23. The zero-order chi connectivity index (χ0) is 17.7. The monoisotopic (exact) mass is 341 g/mol. The van der Waals surface area contributed by atoms with E-state index in [-0.39, 0.29) is 36.9 Å². The number of morpholine rings is 1. The Balaban J connectivity index is 1.74. The van der Waals surface area contributed by atoms with Gasteiger partial charge in [0, 0.05) is 24.8 Å². The molecule has 1 aliphatic heterocycles. The van der Waals surface area contributed by atoms with Crippen LogP contribution in [0.4, 0.5) is 14.5 Å². The van der Waals surface area contributed by atoms with Crippen molar-refractivity contribution in [3.05, 3.63) is 29.8 Å². The molecule has 0 spiro atoms. The summed E-state index contributed by atoms with van der Waals surface area (Å²) < 4.78 is 31.5. The number of carbonyl (C=O) groups excluding carboxylic acids is 2. The fourth-order valence-electron chi connectivity index (χ4n) is 2.63. The average molecular weight is 341 g/mol. The van der Waals surface area contributed by atoms with Crippen molar-refractivity contribution in [3.8, 4) is 0 Å². The number of hydrogen-bond acceptors (Lipinski definition) is 4. The van der Waals surface area contributed by atoms with Gasteiger partial charge in [0.15, 0.2) is 11.6 Å². The summed E-state index contributed by atoms with van der Waals surface area (Å²) in [6, 6.07) is 3.05. The van der Waals surface area contributed by atoms with E-state index in [0.717, 1.165) is 12.1 Å². The van der Waals surface area contributed by atoms with Gasteiger partial charge in [-0.1, -0.05) is 0 Å². The molecule has 0 radical (unpaired) electrons. The smallest absolute Gasteiger partial charge is 0.243 e. The highest BCUT2D eigenvalue weighted by molar-refractivity contribution is 5.94. The van der Waals surface area contributed by atoms with E-state index in [4.69, 9.17) is 4.74 Å². The van der Waals surface area contributed by atoms with Crippen LogP contribution in [0.1, 0.15) is 13.8 Å². The molecule has 1 fully saturated rings. The number of ether oxygens (including phenoxy) is 1. The quantitative estimate of drug-likeness (QED) is 0.842. The van der Waals surface area contributed by atoms with Gasteiger partial charge in [0.05, 0.1) is 25.3 Å². The summed E-state index contributed by atoms with van der Waals surface area (Å²) in [5.41, 5.74) is 0.129. The van der Waals surface area contributed by atoms with E-state index in [1.54, 1.807) is 0 Å². The highest BCUT2D eigenvalue weighted by atomic mass is 19.2. The van der Waals surface area contributed by atoms with E-state index in [2.05, 4.69) is 10.6 Å². The lowest BCUT2D eigenvalue weighted by Gasteiger charge is -2.34.